The number of benzene rings is 2. The first-order valence-electron chi connectivity index (χ1n) is 11.2. The van der Waals surface area contributed by atoms with Gasteiger partial charge in [-0.05, 0) is 30.3 Å². The number of nitrogens with zero attached hydrogens (tertiary/aromatic N) is 3. The number of anilines is 2. The van der Waals surface area contributed by atoms with Crippen molar-refractivity contribution < 1.29 is 21.9 Å². The van der Waals surface area contributed by atoms with Gasteiger partial charge in [0, 0.05) is 66.7 Å². The molecule has 1 fully saturated rings. The van der Waals surface area contributed by atoms with Gasteiger partial charge in [0.05, 0.1) is 12.8 Å². The van der Waals surface area contributed by atoms with Gasteiger partial charge in [-0.3, -0.25) is 9.71 Å². The number of halogens is 2. The van der Waals surface area contributed by atoms with E-state index in [1.54, 1.807) is 6.20 Å². The third-order valence-corrected chi connectivity index (χ3v) is 7.37. The average molecular weight is 512 g/mol. The molecule has 2 aromatic carbocycles. The fraction of sp³-hybridized carbons (Fsp3) is 0.200. The standard InChI is InChI=1S/C25H23F2N5O3S/c1-35-25-22(31-36(33,34)24-6-5-18(26)12-20(24)27)11-17(15-30-25)21-13-19-16(14-29-21)3-2-4-23(19)32-9-7-28-8-10-32/h2-6,11-15,28,31H,7-10H2,1H3. The Bertz CT molecular complexity index is 1540. The van der Waals surface area contributed by atoms with Crippen molar-refractivity contribution in [3.05, 3.63) is 72.6 Å². The molecule has 3 heterocycles. The molecule has 0 amide bonds. The van der Waals surface area contributed by atoms with E-state index >= 15 is 0 Å². The Hall–Kier alpha value is -3.83. The molecule has 0 radical (unpaired) electrons. The molecule has 2 N–H and O–H groups in total. The third kappa shape index (κ3) is 4.67. The first kappa shape index (κ1) is 23.9. The largest absolute Gasteiger partial charge is 0.480 e. The molecule has 0 unspecified atom stereocenters. The van der Waals surface area contributed by atoms with E-state index < -0.39 is 26.6 Å². The lowest BCUT2D eigenvalue weighted by atomic mass is 10.1. The Morgan fingerprint density at radius 3 is 2.58 bits per heavy atom. The van der Waals surface area contributed by atoms with Crippen molar-refractivity contribution in [2.45, 2.75) is 4.90 Å². The maximum absolute atomic E-state index is 14.2. The average Bonchev–Trinajstić information content (AvgIpc) is 2.88. The van der Waals surface area contributed by atoms with E-state index in [9.17, 15) is 17.2 Å². The second kappa shape index (κ2) is 9.67. The fourth-order valence-electron chi connectivity index (χ4n) is 4.21. The van der Waals surface area contributed by atoms with Gasteiger partial charge in [0.15, 0.2) is 0 Å². The van der Waals surface area contributed by atoms with Crippen molar-refractivity contribution in [2.24, 2.45) is 0 Å². The molecule has 0 spiro atoms. The van der Waals surface area contributed by atoms with Crippen LogP contribution in [0, 0.1) is 11.6 Å². The normalized spacial score (nSPS) is 14.1. The van der Waals surface area contributed by atoms with Crippen LogP contribution in [0.4, 0.5) is 20.2 Å². The lowest BCUT2D eigenvalue weighted by Crippen LogP contribution is -2.43. The molecule has 0 saturated carbocycles. The summed E-state index contributed by atoms with van der Waals surface area (Å²) in [5.74, 6) is -2.09. The van der Waals surface area contributed by atoms with Gasteiger partial charge in [-0.15, -0.1) is 0 Å². The number of ether oxygens (including phenoxy) is 1. The second-order valence-electron chi connectivity index (χ2n) is 8.27. The van der Waals surface area contributed by atoms with E-state index in [0.29, 0.717) is 17.3 Å². The number of fused-ring (bicyclic) bond motifs is 1. The van der Waals surface area contributed by atoms with Crippen LogP contribution in [-0.4, -0.2) is 51.7 Å². The summed E-state index contributed by atoms with van der Waals surface area (Å²) in [6.45, 7) is 3.56. The highest BCUT2D eigenvalue weighted by molar-refractivity contribution is 7.92. The summed E-state index contributed by atoms with van der Waals surface area (Å²) < 4.78 is 60.7. The molecule has 1 aliphatic rings. The van der Waals surface area contributed by atoms with E-state index in [-0.39, 0.29) is 11.6 Å². The van der Waals surface area contributed by atoms with Crippen LogP contribution in [0.15, 0.2) is 65.8 Å². The number of hydrogen-bond donors (Lipinski definition) is 2. The molecule has 186 valence electrons. The van der Waals surface area contributed by atoms with Crippen molar-refractivity contribution in [1.82, 2.24) is 15.3 Å². The minimum atomic E-state index is -4.39. The quantitative estimate of drug-likeness (QED) is 0.407. The van der Waals surface area contributed by atoms with Crippen LogP contribution in [0.5, 0.6) is 5.88 Å². The molecule has 4 aromatic rings. The minimum absolute atomic E-state index is 0.00369. The number of methoxy groups -OCH3 is 1. The van der Waals surface area contributed by atoms with Gasteiger partial charge in [-0.25, -0.2) is 22.2 Å². The molecule has 5 rings (SSSR count). The van der Waals surface area contributed by atoms with Gasteiger partial charge in [-0.2, -0.15) is 0 Å². The summed E-state index contributed by atoms with van der Waals surface area (Å²) in [5.41, 5.74) is 2.20. The van der Waals surface area contributed by atoms with Crippen molar-refractivity contribution in [3.63, 3.8) is 0 Å². The van der Waals surface area contributed by atoms with Crippen molar-refractivity contribution in [3.8, 4) is 17.1 Å². The third-order valence-electron chi connectivity index (χ3n) is 5.97. The van der Waals surface area contributed by atoms with Crippen LogP contribution >= 0.6 is 0 Å². The molecule has 0 aliphatic carbocycles. The number of aromatic nitrogens is 2. The molecule has 1 aliphatic heterocycles. The van der Waals surface area contributed by atoms with Crippen molar-refractivity contribution in [1.29, 1.82) is 0 Å². The van der Waals surface area contributed by atoms with Crippen molar-refractivity contribution in [2.75, 3.05) is 42.9 Å². The van der Waals surface area contributed by atoms with E-state index in [0.717, 1.165) is 54.8 Å². The van der Waals surface area contributed by atoms with Gasteiger partial charge >= 0.3 is 0 Å². The topological polar surface area (TPSA) is 96.4 Å². The number of hydrogen-bond acceptors (Lipinski definition) is 7. The van der Waals surface area contributed by atoms with Gasteiger partial charge in [0.1, 0.15) is 22.2 Å². The van der Waals surface area contributed by atoms with Gasteiger partial charge in [0.25, 0.3) is 10.0 Å². The van der Waals surface area contributed by atoms with E-state index in [4.69, 9.17) is 4.74 Å². The Labute approximate surface area is 207 Å². The molecule has 8 nitrogen and oxygen atoms in total. The SMILES string of the molecule is COc1ncc(-c2cc3c(N4CCNCC4)cccc3cn2)cc1NS(=O)(=O)c1ccc(F)cc1F. The van der Waals surface area contributed by atoms with Crippen LogP contribution in [0.2, 0.25) is 0 Å². The first-order chi connectivity index (χ1) is 17.4. The highest BCUT2D eigenvalue weighted by Gasteiger charge is 2.22. The highest BCUT2D eigenvalue weighted by atomic mass is 32.2. The Balaban J connectivity index is 1.54. The van der Waals surface area contributed by atoms with Crippen LogP contribution in [0.25, 0.3) is 22.0 Å². The molecular weight excluding hydrogens is 488 g/mol. The number of pyridine rings is 2. The summed E-state index contributed by atoms with van der Waals surface area (Å²) in [4.78, 5) is 10.4. The number of piperazine rings is 1. The van der Waals surface area contributed by atoms with Gasteiger partial charge in [0.2, 0.25) is 5.88 Å². The molecule has 2 aromatic heterocycles. The monoisotopic (exact) mass is 511 g/mol. The number of sulfonamides is 1. The number of rotatable bonds is 6. The summed E-state index contributed by atoms with van der Waals surface area (Å²) in [7, 11) is -3.05. The lowest BCUT2D eigenvalue weighted by molar-refractivity contribution is 0.400. The zero-order chi connectivity index (χ0) is 25.3. The zero-order valence-corrected chi connectivity index (χ0v) is 20.1. The highest BCUT2D eigenvalue weighted by Crippen LogP contribution is 2.33. The molecule has 11 heteroatoms. The molecular formula is C25H23F2N5O3S. The Morgan fingerprint density at radius 1 is 1.03 bits per heavy atom. The summed E-state index contributed by atoms with van der Waals surface area (Å²) in [6.07, 6.45) is 3.29. The predicted molar refractivity (Wildman–Crippen MR) is 134 cm³/mol. The molecule has 0 atom stereocenters. The van der Waals surface area contributed by atoms with E-state index in [1.807, 2.05) is 18.2 Å². The molecule has 1 saturated heterocycles. The van der Waals surface area contributed by atoms with Crippen LogP contribution < -0.4 is 19.7 Å². The molecule has 36 heavy (non-hydrogen) atoms. The van der Waals surface area contributed by atoms with Crippen LogP contribution in [0.3, 0.4) is 0 Å². The summed E-state index contributed by atoms with van der Waals surface area (Å²) in [5, 5.41) is 5.34. The fourth-order valence-corrected chi connectivity index (χ4v) is 5.32. The number of nitrogens with one attached hydrogen (secondary N) is 2. The molecule has 0 bridgehead atoms. The summed E-state index contributed by atoms with van der Waals surface area (Å²) >= 11 is 0. The zero-order valence-electron chi connectivity index (χ0n) is 19.3. The lowest BCUT2D eigenvalue weighted by Gasteiger charge is -2.30. The Morgan fingerprint density at radius 2 is 1.83 bits per heavy atom. The first-order valence-corrected chi connectivity index (χ1v) is 12.7. The maximum atomic E-state index is 14.2. The predicted octanol–water partition coefficient (Wildman–Crippen LogP) is 3.79. The van der Waals surface area contributed by atoms with Gasteiger partial charge in [-0.1, -0.05) is 12.1 Å². The van der Waals surface area contributed by atoms with Crippen LogP contribution in [-0.2, 0) is 10.0 Å². The summed E-state index contributed by atoms with van der Waals surface area (Å²) in [6, 6.07) is 11.8. The van der Waals surface area contributed by atoms with Crippen LogP contribution in [0.1, 0.15) is 0 Å². The van der Waals surface area contributed by atoms with Crippen molar-refractivity contribution >= 4 is 32.2 Å². The Kier molecular flexibility index (Phi) is 6.42. The van der Waals surface area contributed by atoms with E-state index in [2.05, 4.69) is 31.0 Å². The van der Waals surface area contributed by atoms with Gasteiger partial charge < -0.3 is 15.0 Å². The second-order valence-corrected chi connectivity index (χ2v) is 9.92. The smallest absolute Gasteiger partial charge is 0.264 e. The minimum Gasteiger partial charge on any atom is -0.480 e. The maximum Gasteiger partial charge on any atom is 0.264 e. The van der Waals surface area contributed by atoms with E-state index in [1.165, 1.54) is 19.4 Å².